The highest BCUT2D eigenvalue weighted by molar-refractivity contribution is 6.32. The van der Waals surface area contributed by atoms with Gasteiger partial charge in [0.25, 0.3) is 0 Å². The van der Waals surface area contributed by atoms with E-state index in [1.54, 1.807) is 12.1 Å². The largest absolute Gasteiger partial charge is 0.495 e. The Labute approximate surface area is 145 Å². The van der Waals surface area contributed by atoms with Crippen molar-refractivity contribution in [3.05, 3.63) is 46.5 Å². The molecule has 0 heterocycles. The van der Waals surface area contributed by atoms with Crippen molar-refractivity contribution in [3.63, 3.8) is 0 Å². The Morgan fingerprint density at radius 1 is 1.00 bits per heavy atom. The van der Waals surface area contributed by atoms with E-state index in [1.807, 2.05) is 12.1 Å². The Morgan fingerprint density at radius 3 is 2.50 bits per heavy atom. The lowest BCUT2D eigenvalue weighted by molar-refractivity contribution is 0.262. The monoisotopic (exact) mass is 346 g/mol. The number of ether oxygens (including phenoxy) is 2. The first-order valence-electron chi connectivity index (χ1n) is 7.72. The second-order valence-electron chi connectivity index (χ2n) is 5.60. The normalized spacial score (nSPS) is 12.5. The minimum absolute atomic E-state index is 0.354. The minimum Gasteiger partial charge on any atom is -0.495 e. The molecule has 0 atom stereocenters. The Morgan fingerprint density at radius 2 is 1.75 bits per heavy atom. The standard InChI is InChI=1S/C18H19ClN2O3/c1-23-16-10-17(24-2)15(9-14(16)19)21-18(22)20-13-7-6-11-4-3-5-12(11)8-13/h6-10H,3-5H2,1-2H3,(H2,20,21,22). The van der Waals surface area contributed by atoms with Gasteiger partial charge in [0, 0.05) is 11.8 Å². The molecule has 126 valence electrons. The maximum atomic E-state index is 12.3. The van der Waals surface area contributed by atoms with Gasteiger partial charge in [-0.05, 0) is 48.6 Å². The molecule has 1 aliphatic carbocycles. The quantitative estimate of drug-likeness (QED) is 0.857. The summed E-state index contributed by atoms with van der Waals surface area (Å²) in [6.07, 6.45) is 3.35. The Bertz CT molecular complexity index is 777. The lowest BCUT2D eigenvalue weighted by atomic mass is 10.1. The summed E-state index contributed by atoms with van der Waals surface area (Å²) in [5.41, 5.74) is 3.91. The summed E-state index contributed by atoms with van der Waals surface area (Å²) in [5, 5.41) is 5.99. The van der Waals surface area contributed by atoms with Crippen molar-refractivity contribution in [2.75, 3.05) is 24.9 Å². The molecule has 0 saturated heterocycles. The highest BCUT2D eigenvalue weighted by atomic mass is 35.5. The third-order valence-corrected chi connectivity index (χ3v) is 4.37. The number of fused-ring (bicyclic) bond motifs is 1. The van der Waals surface area contributed by atoms with Gasteiger partial charge in [-0.3, -0.25) is 0 Å². The number of anilines is 2. The van der Waals surface area contributed by atoms with Crippen molar-refractivity contribution >= 4 is 29.0 Å². The number of benzene rings is 2. The number of carbonyl (C=O) groups is 1. The number of aryl methyl sites for hydroxylation is 2. The maximum Gasteiger partial charge on any atom is 0.323 e. The molecule has 0 bridgehead atoms. The van der Waals surface area contributed by atoms with E-state index in [0.29, 0.717) is 22.2 Å². The van der Waals surface area contributed by atoms with Gasteiger partial charge in [-0.25, -0.2) is 4.79 Å². The van der Waals surface area contributed by atoms with E-state index in [9.17, 15) is 4.79 Å². The van der Waals surface area contributed by atoms with Crippen LogP contribution in [0.25, 0.3) is 0 Å². The molecule has 0 fully saturated rings. The van der Waals surface area contributed by atoms with Gasteiger partial charge in [-0.2, -0.15) is 0 Å². The molecular weight excluding hydrogens is 328 g/mol. The highest BCUT2D eigenvalue weighted by Crippen LogP contribution is 2.36. The number of hydrogen-bond acceptors (Lipinski definition) is 3. The summed E-state index contributed by atoms with van der Waals surface area (Å²) in [6, 6.07) is 8.90. The van der Waals surface area contributed by atoms with E-state index < -0.39 is 0 Å². The zero-order valence-electron chi connectivity index (χ0n) is 13.6. The molecule has 1 aliphatic rings. The first-order valence-corrected chi connectivity index (χ1v) is 8.10. The fraction of sp³-hybridized carbons (Fsp3) is 0.278. The zero-order chi connectivity index (χ0) is 17.1. The van der Waals surface area contributed by atoms with Gasteiger partial charge in [0.2, 0.25) is 0 Å². The molecule has 0 unspecified atom stereocenters. The summed E-state index contributed by atoms with van der Waals surface area (Å²) >= 11 is 6.11. The molecule has 0 aliphatic heterocycles. The van der Waals surface area contributed by atoms with Gasteiger partial charge in [-0.1, -0.05) is 17.7 Å². The third-order valence-electron chi connectivity index (χ3n) is 4.08. The van der Waals surface area contributed by atoms with Crippen molar-refractivity contribution in [1.29, 1.82) is 0 Å². The van der Waals surface area contributed by atoms with Crippen molar-refractivity contribution < 1.29 is 14.3 Å². The topological polar surface area (TPSA) is 59.6 Å². The fourth-order valence-corrected chi connectivity index (χ4v) is 3.13. The molecule has 0 aromatic heterocycles. The van der Waals surface area contributed by atoms with Crippen LogP contribution in [0.5, 0.6) is 11.5 Å². The molecule has 0 saturated carbocycles. The molecule has 2 aromatic rings. The van der Waals surface area contributed by atoms with Crippen LogP contribution in [0.15, 0.2) is 30.3 Å². The predicted molar refractivity (Wildman–Crippen MR) is 95.7 cm³/mol. The number of rotatable bonds is 4. The number of carbonyl (C=O) groups excluding carboxylic acids is 1. The number of urea groups is 1. The minimum atomic E-state index is -0.354. The average Bonchev–Trinajstić information content (AvgIpc) is 3.02. The molecule has 2 aromatic carbocycles. The van der Waals surface area contributed by atoms with Crippen LogP contribution in [0.2, 0.25) is 5.02 Å². The second-order valence-corrected chi connectivity index (χ2v) is 6.01. The van der Waals surface area contributed by atoms with Crippen LogP contribution in [-0.4, -0.2) is 20.3 Å². The van der Waals surface area contributed by atoms with Crippen LogP contribution in [0.1, 0.15) is 17.5 Å². The van der Waals surface area contributed by atoms with Crippen LogP contribution in [0.4, 0.5) is 16.2 Å². The van der Waals surface area contributed by atoms with Crippen LogP contribution in [0.3, 0.4) is 0 Å². The van der Waals surface area contributed by atoms with Gasteiger partial charge in [-0.15, -0.1) is 0 Å². The number of nitrogens with one attached hydrogen (secondary N) is 2. The molecule has 0 radical (unpaired) electrons. The molecule has 0 spiro atoms. The van der Waals surface area contributed by atoms with E-state index in [1.165, 1.54) is 31.8 Å². The Balaban J connectivity index is 1.74. The average molecular weight is 347 g/mol. The lowest BCUT2D eigenvalue weighted by Crippen LogP contribution is -2.20. The number of amides is 2. The maximum absolute atomic E-state index is 12.3. The summed E-state index contributed by atoms with van der Waals surface area (Å²) in [7, 11) is 3.04. The summed E-state index contributed by atoms with van der Waals surface area (Å²) in [6.45, 7) is 0. The van der Waals surface area contributed by atoms with E-state index in [4.69, 9.17) is 21.1 Å². The van der Waals surface area contributed by atoms with Crippen LogP contribution >= 0.6 is 11.6 Å². The summed E-state index contributed by atoms with van der Waals surface area (Å²) in [4.78, 5) is 12.3. The first-order chi connectivity index (χ1) is 11.6. The van der Waals surface area contributed by atoms with Gasteiger partial charge in [0.1, 0.15) is 11.5 Å². The van der Waals surface area contributed by atoms with Crippen LogP contribution in [0, 0.1) is 0 Å². The van der Waals surface area contributed by atoms with E-state index in [-0.39, 0.29) is 6.03 Å². The molecule has 24 heavy (non-hydrogen) atoms. The van der Waals surface area contributed by atoms with E-state index >= 15 is 0 Å². The summed E-state index contributed by atoms with van der Waals surface area (Å²) < 4.78 is 10.4. The number of halogens is 1. The predicted octanol–water partition coefficient (Wildman–Crippen LogP) is 4.49. The molecule has 2 N–H and O–H groups in total. The van der Waals surface area contributed by atoms with Crippen LogP contribution < -0.4 is 20.1 Å². The summed E-state index contributed by atoms with van der Waals surface area (Å²) in [5.74, 6) is 0.957. The van der Waals surface area contributed by atoms with E-state index in [2.05, 4.69) is 16.7 Å². The Kier molecular flexibility index (Phi) is 4.81. The van der Waals surface area contributed by atoms with Crippen molar-refractivity contribution in [3.8, 4) is 11.5 Å². The second kappa shape index (κ2) is 7.01. The van der Waals surface area contributed by atoms with Crippen molar-refractivity contribution in [1.82, 2.24) is 0 Å². The first kappa shape index (κ1) is 16.5. The van der Waals surface area contributed by atoms with Crippen LogP contribution in [-0.2, 0) is 12.8 Å². The molecule has 6 heteroatoms. The Hall–Kier alpha value is -2.40. The molecular formula is C18H19ClN2O3. The molecule has 5 nitrogen and oxygen atoms in total. The van der Waals surface area contributed by atoms with Gasteiger partial charge >= 0.3 is 6.03 Å². The van der Waals surface area contributed by atoms with Gasteiger partial charge in [0.05, 0.1) is 24.9 Å². The van der Waals surface area contributed by atoms with E-state index in [0.717, 1.165) is 18.5 Å². The van der Waals surface area contributed by atoms with Crippen molar-refractivity contribution in [2.45, 2.75) is 19.3 Å². The molecule has 3 rings (SSSR count). The zero-order valence-corrected chi connectivity index (χ0v) is 14.4. The smallest absolute Gasteiger partial charge is 0.323 e. The SMILES string of the molecule is COc1cc(OC)c(NC(=O)Nc2ccc3c(c2)CCC3)cc1Cl. The van der Waals surface area contributed by atoms with Crippen molar-refractivity contribution in [2.24, 2.45) is 0 Å². The van der Waals surface area contributed by atoms with Gasteiger partial charge in [0.15, 0.2) is 0 Å². The lowest BCUT2D eigenvalue weighted by Gasteiger charge is -2.14. The van der Waals surface area contributed by atoms with Gasteiger partial charge < -0.3 is 20.1 Å². The third kappa shape index (κ3) is 3.41. The highest BCUT2D eigenvalue weighted by Gasteiger charge is 2.14. The fourth-order valence-electron chi connectivity index (χ4n) is 2.89. The number of hydrogen-bond donors (Lipinski definition) is 2. The number of methoxy groups -OCH3 is 2. The molecule has 2 amide bonds.